The summed E-state index contributed by atoms with van der Waals surface area (Å²) in [6.07, 6.45) is 16.7. The van der Waals surface area contributed by atoms with Gasteiger partial charge in [0.15, 0.2) is 0 Å². The first-order valence-corrected chi connectivity index (χ1v) is 47.0. The molecule has 2 unspecified atom stereocenters. The van der Waals surface area contributed by atoms with E-state index in [0.717, 1.165) is 0 Å². The maximum atomic E-state index is 2.83. The van der Waals surface area contributed by atoms with Gasteiger partial charge in [0, 0.05) is 0 Å². The number of allylic oxidation sites excluding steroid dienone is 5. The molecular weight excluding hydrogens is 571 g/mol. The minimum absolute atomic E-state index is 0.495. The van der Waals surface area contributed by atoms with Crippen LogP contribution in [0.1, 0.15) is 41.0 Å². The Morgan fingerprint density at radius 3 is 2.32 bits per heavy atom. The number of rotatable bonds is 5. The molecule has 0 fully saturated rings. The minimum atomic E-state index is -5.00. The molecule has 0 spiro atoms. The normalized spacial score (nSPS) is 25.3. The van der Waals surface area contributed by atoms with Gasteiger partial charge in [0.2, 0.25) is 0 Å². The second kappa shape index (κ2) is 5.47. The van der Waals surface area contributed by atoms with Crippen LogP contribution in [-0.4, -0.2) is 12.4 Å². The molecular formula is C28H42HfSi2. The van der Waals surface area contributed by atoms with Crippen LogP contribution in [0.4, 0.5) is 0 Å². The molecule has 2 aliphatic rings. The van der Waals surface area contributed by atoms with Gasteiger partial charge in [-0.2, -0.15) is 0 Å². The van der Waals surface area contributed by atoms with E-state index >= 15 is 0 Å². The summed E-state index contributed by atoms with van der Waals surface area (Å²) in [6, 6.07) is 13.7. The summed E-state index contributed by atoms with van der Waals surface area (Å²) in [4.78, 5) is 0. The Hall–Kier alpha value is -0.776. The Kier molecular flexibility index (Phi) is 4.13. The van der Waals surface area contributed by atoms with Crippen LogP contribution >= 0.6 is 0 Å². The summed E-state index contributed by atoms with van der Waals surface area (Å²) < 4.78 is 12.4. The fourth-order valence-corrected chi connectivity index (χ4v) is 52.0. The molecule has 0 aliphatic heterocycles. The summed E-state index contributed by atoms with van der Waals surface area (Å²) in [7, 11) is 0. The molecule has 0 saturated heterocycles. The first kappa shape index (κ1) is 23.4. The Balaban J connectivity index is 2.09. The van der Waals surface area contributed by atoms with Crippen molar-refractivity contribution in [1.82, 2.24) is 0 Å². The Morgan fingerprint density at radius 2 is 1.65 bits per heavy atom. The zero-order valence-corrected chi connectivity index (χ0v) is 26.8. The van der Waals surface area contributed by atoms with Gasteiger partial charge >= 0.3 is 183 Å². The monoisotopic (exact) mass is 614 g/mol. The van der Waals surface area contributed by atoms with Crippen molar-refractivity contribution in [3.8, 4) is 0 Å². The molecule has 0 aromatic heterocycles. The number of hydrogen-bond acceptors (Lipinski definition) is 0. The van der Waals surface area contributed by atoms with Gasteiger partial charge in [0.1, 0.15) is 0 Å². The van der Waals surface area contributed by atoms with E-state index in [-0.39, 0.29) is 0 Å². The van der Waals surface area contributed by atoms with E-state index in [1.54, 1.807) is 11.1 Å². The summed E-state index contributed by atoms with van der Waals surface area (Å²) in [5, 5.41) is 2.77. The number of fused-ring (bicyclic) bond motifs is 3. The topological polar surface area (TPSA) is 0 Å². The molecule has 0 radical (unpaired) electrons. The molecule has 2 aliphatic carbocycles. The molecule has 0 heterocycles. The second-order valence-electron chi connectivity index (χ2n) is 16.1. The van der Waals surface area contributed by atoms with E-state index in [1.807, 2.05) is 0 Å². The van der Waals surface area contributed by atoms with Crippen LogP contribution in [0.3, 0.4) is 0 Å². The van der Waals surface area contributed by atoms with Crippen LogP contribution in [0.2, 0.25) is 35.5 Å². The van der Waals surface area contributed by atoms with Crippen LogP contribution in [0.25, 0.3) is 16.8 Å². The fraction of sp³-hybridized carbons (Fsp3) is 0.429. The number of hydrogen-bond donors (Lipinski definition) is 0. The van der Waals surface area contributed by atoms with Gasteiger partial charge in [-0.3, -0.25) is 0 Å². The zero-order chi connectivity index (χ0) is 22.9. The molecule has 0 saturated carbocycles. The van der Waals surface area contributed by atoms with Crippen LogP contribution in [-0.2, 0) is 11.3 Å². The van der Waals surface area contributed by atoms with Crippen molar-refractivity contribution in [2.75, 3.05) is 0 Å². The van der Waals surface area contributed by atoms with Gasteiger partial charge in [-0.1, -0.05) is 0 Å². The average Bonchev–Trinajstić information content (AvgIpc) is 3.35. The molecule has 0 amide bonds. The van der Waals surface area contributed by atoms with E-state index < -0.39 is 16.8 Å². The molecule has 0 nitrogen and oxygen atoms in total. The van der Waals surface area contributed by atoms with Crippen LogP contribution in [0.5, 0.6) is 0 Å². The van der Waals surface area contributed by atoms with E-state index in [2.05, 4.69) is 112 Å². The average molecular weight is 613 g/mol. The van der Waals surface area contributed by atoms with Crippen molar-refractivity contribution in [1.29, 1.82) is 0 Å². The van der Waals surface area contributed by atoms with Crippen molar-refractivity contribution in [2.45, 2.75) is 65.4 Å². The first-order chi connectivity index (χ1) is 14.1. The van der Waals surface area contributed by atoms with Gasteiger partial charge in [0.25, 0.3) is 0 Å². The van der Waals surface area contributed by atoms with Crippen molar-refractivity contribution >= 4 is 29.3 Å². The van der Waals surface area contributed by atoms with Crippen molar-refractivity contribution in [3.63, 3.8) is 0 Å². The van der Waals surface area contributed by atoms with E-state index in [0.29, 0.717) is 7.35 Å². The van der Waals surface area contributed by atoms with Gasteiger partial charge in [0.05, 0.1) is 0 Å². The SMILES string of the molecule is CCCCC1=C[CH]([Hf]([CH3])([CH3])([CH3])([CH3])(=[SiH2])([CH]2C=Cc3c2ccc2ccccc32)=[Si](C)C)C=C1. The zero-order valence-electron chi connectivity index (χ0n) is 20.8. The van der Waals surface area contributed by atoms with Gasteiger partial charge in [-0.25, -0.2) is 0 Å². The van der Waals surface area contributed by atoms with Gasteiger partial charge in [-0.15, -0.1) is 0 Å². The predicted molar refractivity (Wildman–Crippen MR) is 146 cm³/mol. The number of benzene rings is 2. The summed E-state index contributed by atoms with van der Waals surface area (Å²) in [5.74, 6) is 0. The van der Waals surface area contributed by atoms with Crippen molar-refractivity contribution in [3.05, 3.63) is 77.4 Å². The molecule has 4 rings (SSSR count). The number of unbranched alkanes of at least 4 members (excludes halogenated alkanes) is 1. The molecule has 0 N–H and O–H groups in total. The van der Waals surface area contributed by atoms with Crippen LogP contribution < -0.4 is 0 Å². The first-order valence-electron chi connectivity index (χ1n) is 12.3. The molecule has 3 heteroatoms. The predicted octanol–water partition coefficient (Wildman–Crippen LogP) is 8.67. The Labute approximate surface area is 182 Å². The fourth-order valence-electron chi connectivity index (χ4n) is 6.53. The third kappa shape index (κ3) is 2.85. The molecule has 31 heavy (non-hydrogen) atoms. The third-order valence-corrected chi connectivity index (χ3v) is 140. The van der Waals surface area contributed by atoms with Crippen LogP contribution in [0, 0.1) is 0 Å². The molecule has 2 atom stereocenters. The summed E-state index contributed by atoms with van der Waals surface area (Å²) >= 11 is -5.00. The summed E-state index contributed by atoms with van der Waals surface area (Å²) in [6.45, 7) is 10.1. The third-order valence-electron chi connectivity index (χ3n) is 11.2. The second-order valence-corrected chi connectivity index (χ2v) is 159. The standard InChI is InChI=1S/C13H9.C9H13.C2H6Si.4CH3.Hf.H2Si/c1-2-6-12-10(4-1)8-9-11-5-3-7-13(11)12;1-2-3-6-9-7-4-5-8-9;1-3-2;;;;;;/h1-9H;4-5,7-8H,2-3,6H2,1H3;1-2H3;4*1H3;;1H2. The molecule has 166 valence electrons. The van der Waals surface area contributed by atoms with Gasteiger partial charge in [-0.05, 0) is 0 Å². The Morgan fingerprint density at radius 1 is 0.935 bits per heavy atom. The van der Waals surface area contributed by atoms with E-state index in [9.17, 15) is 0 Å². The molecule has 0 bridgehead atoms. The maximum absolute atomic E-state index is 5.00. The quantitative estimate of drug-likeness (QED) is 0.296. The van der Waals surface area contributed by atoms with E-state index in [4.69, 9.17) is 0 Å². The van der Waals surface area contributed by atoms with E-state index in [1.165, 1.54) is 35.6 Å². The van der Waals surface area contributed by atoms with Crippen molar-refractivity contribution < 1.29 is 11.3 Å². The molecule has 2 aromatic carbocycles. The summed E-state index contributed by atoms with van der Waals surface area (Å²) in [5.41, 5.74) is 3.89. The van der Waals surface area contributed by atoms with Crippen molar-refractivity contribution in [2.24, 2.45) is 0 Å². The molecule has 2 aromatic rings. The Bertz CT molecular complexity index is 1500. The van der Waals surface area contributed by atoms with Crippen LogP contribution in [0.15, 0.2) is 66.3 Å². The van der Waals surface area contributed by atoms with Gasteiger partial charge < -0.3 is 0 Å².